The van der Waals surface area contributed by atoms with Gasteiger partial charge in [-0.15, -0.1) is 0 Å². The third-order valence-corrected chi connectivity index (χ3v) is 6.74. The maximum absolute atomic E-state index is 9.45. The van der Waals surface area contributed by atoms with E-state index >= 15 is 0 Å². The lowest BCUT2D eigenvalue weighted by molar-refractivity contribution is -0.272. The van der Waals surface area contributed by atoms with Crippen LogP contribution in [0.4, 0.5) is 0 Å². The van der Waals surface area contributed by atoms with Gasteiger partial charge in [0, 0.05) is 6.61 Å². The molecule has 0 heterocycles. The van der Waals surface area contributed by atoms with Gasteiger partial charge in [-0.1, -0.05) is 74.0 Å². The average Bonchev–Trinajstić information content (AvgIpc) is 2.59. The molecule has 0 spiro atoms. The Kier molecular flexibility index (Phi) is 4.00. The minimum absolute atomic E-state index is 0.311. The third kappa shape index (κ3) is 2.04. The van der Waals surface area contributed by atoms with Gasteiger partial charge in [0.05, 0.1) is 0 Å². The first-order chi connectivity index (χ1) is 11.8. The van der Waals surface area contributed by atoms with Gasteiger partial charge in [0.2, 0.25) is 0 Å². The van der Waals surface area contributed by atoms with Crippen LogP contribution in [0.3, 0.4) is 0 Å². The van der Waals surface area contributed by atoms with Gasteiger partial charge < -0.3 is 5.11 Å². The largest absolute Gasteiger partial charge is 0.396 e. The summed E-state index contributed by atoms with van der Waals surface area (Å²) in [5.41, 5.74) is 3.83. The third-order valence-electron chi connectivity index (χ3n) is 6.74. The molecule has 0 aliphatic heterocycles. The fourth-order valence-electron chi connectivity index (χ4n) is 6.39. The second-order valence-electron chi connectivity index (χ2n) is 7.91. The van der Waals surface area contributed by atoms with Crippen LogP contribution in [-0.2, 0) is 0 Å². The zero-order chi connectivity index (χ0) is 16.6. The van der Waals surface area contributed by atoms with Gasteiger partial charge in [0.25, 0.3) is 0 Å². The van der Waals surface area contributed by atoms with Crippen LogP contribution in [0.2, 0.25) is 0 Å². The minimum Gasteiger partial charge on any atom is -0.396 e. The molecule has 1 nitrogen and oxygen atoms in total. The Balaban J connectivity index is 1.74. The van der Waals surface area contributed by atoms with Gasteiger partial charge in [0.15, 0.2) is 0 Å². The van der Waals surface area contributed by atoms with Crippen LogP contribution in [0.5, 0.6) is 0 Å². The minimum atomic E-state index is 0.311. The molecular formula is C23H28O. The monoisotopic (exact) mass is 320 g/mol. The van der Waals surface area contributed by atoms with Gasteiger partial charge in [-0.3, -0.25) is 0 Å². The summed E-state index contributed by atoms with van der Waals surface area (Å²) in [6, 6.07) is 22.3. The number of hydrogen-bond donors (Lipinski definition) is 1. The molecule has 2 atom stereocenters. The van der Waals surface area contributed by atoms with Crippen molar-refractivity contribution in [1.29, 1.82) is 0 Å². The first-order valence-corrected chi connectivity index (χ1v) is 9.49. The van der Waals surface area contributed by atoms with E-state index in [2.05, 4.69) is 67.6 Å². The van der Waals surface area contributed by atoms with Crippen molar-refractivity contribution in [2.24, 2.45) is 10.8 Å². The zero-order valence-corrected chi connectivity index (χ0v) is 14.6. The van der Waals surface area contributed by atoms with Crippen molar-refractivity contribution in [3.8, 4) is 0 Å². The Labute approximate surface area is 145 Å². The molecule has 3 fully saturated rings. The predicted octanol–water partition coefficient (Wildman–Crippen LogP) is 5.52. The summed E-state index contributed by atoms with van der Waals surface area (Å²) in [7, 11) is 0. The highest BCUT2D eigenvalue weighted by Gasteiger charge is 2.80. The van der Waals surface area contributed by atoms with Crippen molar-refractivity contribution in [3.05, 3.63) is 71.8 Å². The van der Waals surface area contributed by atoms with E-state index in [1.165, 1.54) is 30.4 Å². The van der Waals surface area contributed by atoms with Crippen molar-refractivity contribution in [2.75, 3.05) is 6.61 Å². The predicted molar refractivity (Wildman–Crippen MR) is 99.1 cm³/mol. The Bertz CT molecular complexity index is 628. The van der Waals surface area contributed by atoms with Crippen LogP contribution in [0.1, 0.15) is 62.0 Å². The van der Waals surface area contributed by atoms with E-state index in [4.69, 9.17) is 0 Å². The van der Waals surface area contributed by atoms with Crippen LogP contribution in [-0.4, -0.2) is 11.7 Å². The van der Waals surface area contributed by atoms with Crippen LogP contribution >= 0.6 is 0 Å². The smallest absolute Gasteiger partial charge is 0.0431 e. The fraction of sp³-hybridized carbons (Fsp3) is 0.478. The van der Waals surface area contributed by atoms with E-state index in [-0.39, 0.29) is 0 Å². The molecule has 0 amide bonds. The lowest BCUT2D eigenvalue weighted by Gasteiger charge is -2.83. The van der Waals surface area contributed by atoms with Gasteiger partial charge in [-0.2, -0.15) is 0 Å². The van der Waals surface area contributed by atoms with Crippen molar-refractivity contribution < 1.29 is 5.11 Å². The Morgan fingerprint density at radius 1 is 0.833 bits per heavy atom. The summed E-state index contributed by atoms with van der Waals surface area (Å²) >= 11 is 0. The molecule has 126 valence electrons. The maximum atomic E-state index is 9.45. The average molecular weight is 320 g/mol. The van der Waals surface area contributed by atoms with Crippen LogP contribution in [0, 0.1) is 10.8 Å². The van der Waals surface area contributed by atoms with Crippen molar-refractivity contribution in [2.45, 2.75) is 50.9 Å². The summed E-state index contributed by atoms with van der Waals surface area (Å²) < 4.78 is 0. The molecule has 2 bridgehead atoms. The highest BCUT2D eigenvalue weighted by atomic mass is 16.2. The maximum Gasteiger partial charge on any atom is 0.0431 e. The van der Waals surface area contributed by atoms with Gasteiger partial charge in [-0.05, 0) is 59.5 Å². The lowest BCUT2D eigenvalue weighted by Crippen LogP contribution is -2.74. The molecule has 1 N–H and O–H groups in total. The molecular weight excluding hydrogens is 292 g/mol. The topological polar surface area (TPSA) is 20.2 Å². The standard InChI is InChI=1S/C23H28O/c1-2-14-22-17-23(15-9-16-24,20(22)18-10-5-3-6-11-18)21(22)19-12-7-4-8-13-19/h3-8,10-13,20-21,24H,2,9,14-17H2,1H3. The molecule has 0 saturated heterocycles. The molecule has 1 heteroatoms. The van der Waals surface area contributed by atoms with Crippen molar-refractivity contribution in [3.63, 3.8) is 0 Å². The Morgan fingerprint density at radius 2 is 1.33 bits per heavy atom. The van der Waals surface area contributed by atoms with Crippen LogP contribution in [0.15, 0.2) is 60.7 Å². The first-order valence-electron chi connectivity index (χ1n) is 9.49. The van der Waals surface area contributed by atoms with E-state index in [1.54, 1.807) is 0 Å². The molecule has 3 aliphatic rings. The molecule has 3 saturated carbocycles. The zero-order valence-electron chi connectivity index (χ0n) is 14.6. The first kappa shape index (κ1) is 15.9. The summed E-state index contributed by atoms with van der Waals surface area (Å²) in [5.74, 6) is 1.34. The normalized spacial score (nSPS) is 33.6. The van der Waals surface area contributed by atoms with E-state index in [1.807, 2.05) is 0 Å². The van der Waals surface area contributed by atoms with Gasteiger partial charge in [-0.25, -0.2) is 0 Å². The molecule has 3 aliphatic carbocycles. The second kappa shape index (κ2) is 6.04. The Morgan fingerprint density at radius 3 is 1.79 bits per heavy atom. The lowest BCUT2D eigenvalue weighted by atomic mass is 9.20. The summed E-state index contributed by atoms with van der Waals surface area (Å²) in [5, 5.41) is 9.45. The number of aliphatic hydroxyl groups excluding tert-OH is 1. The van der Waals surface area contributed by atoms with E-state index in [9.17, 15) is 5.11 Å². The molecule has 2 unspecified atom stereocenters. The van der Waals surface area contributed by atoms with E-state index < -0.39 is 0 Å². The molecule has 24 heavy (non-hydrogen) atoms. The highest BCUT2D eigenvalue weighted by molar-refractivity contribution is 5.48. The number of benzene rings is 2. The fourth-order valence-corrected chi connectivity index (χ4v) is 6.39. The molecule has 2 aromatic carbocycles. The second-order valence-corrected chi connectivity index (χ2v) is 7.91. The van der Waals surface area contributed by atoms with Crippen molar-refractivity contribution in [1.82, 2.24) is 0 Å². The van der Waals surface area contributed by atoms with Gasteiger partial charge in [0.1, 0.15) is 0 Å². The summed E-state index contributed by atoms with van der Waals surface area (Å²) in [6.07, 6.45) is 5.98. The van der Waals surface area contributed by atoms with E-state index in [0.29, 0.717) is 29.3 Å². The van der Waals surface area contributed by atoms with Gasteiger partial charge >= 0.3 is 0 Å². The molecule has 5 rings (SSSR count). The number of rotatable bonds is 7. The molecule has 2 aromatic rings. The number of hydrogen-bond acceptors (Lipinski definition) is 1. The van der Waals surface area contributed by atoms with E-state index in [0.717, 1.165) is 12.8 Å². The molecule has 0 radical (unpaired) electrons. The summed E-state index contributed by atoms with van der Waals surface area (Å²) in [6.45, 7) is 2.64. The van der Waals surface area contributed by atoms with Crippen LogP contribution in [0.25, 0.3) is 0 Å². The summed E-state index contributed by atoms with van der Waals surface area (Å²) in [4.78, 5) is 0. The van der Waals surface area contributed by atoms with Crippen molar-refractivity contribution >= 4 is 0 Å². The highest BCUT2D eigenvalue weighted by Crippen LogP contribution is 2.90. The molecule has 0 aromatic heterocycles. The quantitative estimate of drug-likeness (QED) is 0.712. The Hall–Kier alpha value is -1.60. The van der Waals surface area contributed by atoms with Crippen LogP contribution < -0.4 is 0 Å². The SMILES string of the molecule is CCCC12CC(CCCO)(C1c1ccccc1)C2c1ccccc1. The number of aliphatic hydroxyl groups is 1.